The smallest absolute Gasteiger partial charge is 0.207 e. The van der Waals surface area contributed by atoms with Crippen molar-refractivity contribution in [2.24, 2.45) is 0 Å². The molecule has 0 spiro atoms. The van der Waals surface area contributed by atoms with Gasteiger partial charge in [0.15, 0.2) is 5.78 Å². The van der Waals surface area contributed by atoms with E-state index < -0.39 is 0 Å². The van der Waals surface area contributed by atoms with E-state index in [1.54, 1.807) is 36.4 Å². The predicted molar refractivity (Wildman–Crippen MR) is 150 cm³/mol. The van der Waals surface area contributed by atoms with E-state index in [2.05, 4.69) is 23.3 Å². The fourth-order valence-electron chi connectivity index (χ4n) is 3.40. The highest BCUT2D eigenvalue weighted by molar-refractivity contribution is 7.80. The van der Waals surface area contributed by atoms with E-state index in [4.69, 9.17) is 10.00 Å². The number of nitriles is 1. The minimum atomic E-state index is -0.231. The van der Waals surface area contributed by atoms with Crippen molar-refractivity contribution in [2.75, 3.05) is 13.1 Å². The van der Waals surface area contributed by atoms with Crippen LogP contribution in [-0.4, -0.2) is 36.9 Å². The van der Waals surface area contributed by atoms with Crippen LogP contribution in [0, 0.1) is 11.3 Å². The molecule has 0 unspecified atom stereocenters. The standard InChI is InChI=1S/C17H18O2.C7H5NS.C6H12N2O/c1-17(2,3)19-15-11-9-14(10-12-15)16(18)13-7-5-4-6-8-13;8-5-6-1-3-7(9)4-2-6;9-5-8-6-1-3-7-4-2-6/h4-12H,1-3H3;1-4,9H;5-7H,1-4H2,(H,8,9). The van der Waals surface area contributed by atoms with Crippen LogP contribution in [0.3, 0.4) is 0 Å². The molecule has 0 aliphatic carbocycles. The van der Waals surface area contributed by atoms with Crippen LogP contribution in [-0.2, 0) is 4.79 Å². The highest BCUT2D eigenvalue weighted by Gasteiger charge is 2.13. The van der Waals surface area contributed by atoms with Crippen molar-refractivity contribution in [3.8, 4) is 11.8 Å². The number of carbonyl (C=O) groups is 2. The summed E-state index contributed by atoms with van der Waals surface area (Å²) in [5.74, 6) is 0.806. The molecule has 2 N–H and O–H groups in total. The van der Waals surface area contributed by atoms with Crippen molar-refractivity contribution in [3.63, 3.8) is 0 Å². The van der Waals surface area contributed by atoms with E-state index >= 15 is 0 Å². The third-order valence-corrected chi connectivity index (χ3v) is 5.51. The Bertz CT molecular complexity index is 1130. The molecule has 194 valence electrons. The molecule has 6 nitrogen and oxygen atoms in total. The molecule has 1 saturated heterocycles. The van der Waals surface area contributed by atoms with Crippen molar-refractivity contribution in [1.82, 2.24) is 10.6 Å². The lowest BCUT2D eigenvalue weighted by molar-refractivity contribution is -0.110. The molecule has 1 heterocycles. The first-order chi connectivity index (χ1) is 17.7. The number of rotatable bonds is 5. The molecule has 1 aliphatic heterocycles. The summed E-state index contributed by atoms with van der Waals surface area (Å²) in [6, 6.07) is 26.1. The Balaban J connectivity index is 0.000000222. The molecule has 7 heteroatoms. The number of hydrogen-bond donors (Lipinski definition) is 3. The monoisotopic (exact) mass is 517 g/mol. The summed E-state index contributed by atoms with van der Waals surface area (Å²) in [7, 11) is 0. The van der Waals surface area contributed by atoms with Crippen LogP contribution >= 0.6 is 12.6 Å². The number of amides is 1. The van der Waals surface area contributed by atoms with Gasteiger partial charge in [-0.25, -0.2) is 0 Å². The largest absolute Gasteiger partial charge is 0.488 e. The summed E-state index contributed by atoms with van der Waals surface area (Å²) in [4.78, 5) is 23.0. The van der Waals surface area contributed by atoms with Gasteiger partial charge in [0.1, 0.15) is 11.4 Å². The molecular weight excluding hydrogens is 482 g/mol. The Labute approximate surface area is 225 Å². The van der Waals surface area contributed by atoms with Crippen LogP contribution in [0.5, 0.6) is 5.75 Å². The topological polar surface area (TPSA) is 91.2 Å². The molecular formula is C30H35N3O3S. The average molecular weight is 518 g/mol. The number of thiol groups is 1. The fourth-order valence-corrected chi connectivity index (χ4v) is 3.55. The predicted octanol–water partition coefficient (Wildman–Crippen LogP) is 5.43. The summed E-state index contributed by atoms with van der Waals surface area (Å²) < 4.78 is 5.73. The lowest BCUT2D eigenvalue weighted by atomic mass is 10.0. The van der Waals surface area contributed by atoms with Crippen LogP contribution in [0.1, 0.15) is 55.1 Å². The minimum Gasteiger partial charge on any atom is -0.488 e. The van der Waals surface area contributed by atoms with Crippen LogP contribution < -0.4 is 15.4 Å². The first-order valence-corrected chi connectivity index (χ1v) is 12.6. The Morgan fingerprint density at radius 2 is 1.54 bits per heavy atom. The normalized spacial score (nSPS) is 12.9. The lowest BCUT2D eigenvalue weighted by Crippen LogP contribution is -2.39. The second kappa shape index (κ2) is 15.5. The molecule has 0 atom stereocenters. The number of ketones is 1. The maximum absolute atomic E-state index is 12.2. The SMILES string of the molecule is CC(C)(C)Oc1ccc(C(=O)c2ccccc2)cc1.N#Cc1ccc(S)cc1.O=CNC1CCNCC1. The first-order valence-electron chi connectivity index (χ1n) is 12.2. The van der Waals surface area contributed by atoms with Gasteiger partial charge in [-0.2, -0.15) is 5.26 Å². The molecule has 4 rings (SSSR count). The van der Waals surface area contributed by atoms with Gasteiger partial charge in [0.25, 0.3) is 0 Å². The average Bonchev–Trinajstić information content (AvgIpc) is 2.90. The van der Waals surface area contributed by atoms with Gasteiger partial charge in [-0.05, 0) is 95.2 Å². The van der Waals surface area contributed by atoms with Gasteiger partial charge in [-0.1, -0.05) is 30.3 Å². The maximum atomic E-state index is 12.2. The Morgan fingerprint density at radius 1 is 0.973 bits per heavy atom. The third-order valence-electron chi connectivity index (χ3n) is 5.22. The van der Waals surface area contributed by atoms with Crippen molar-refractivity contribution in [3.05, 3.63) is 95.6 Å². The summed E-state index contributed by atoms with van der Waals surface area (Å²) in [5.41, 5.74) is 1.82. The van der Waals surface area contributed by atoms with E-state index in [0.717, 1.165) is 43.0 Å². The van der Waals surface area contributed by atoms with E-state index in [9.17, 15) is 9.59 Å². The van der Waals surface area contributed by atoms with Crippen LogP contribution in [0.15, 0.2) is 83.8 Å². The van der Waals surface area contributed by atoms with Crippen molar-refractivity contribution >= 4 is 24.8 Å². The second-order valence-electron chi connectivity index (χ2n) is 9.40. The Hall–Kier alpha value is -3.60. The number of ether oxygens (including phenoxy) is 1. The van der Waals surface area contributed by atoms with Gasteiger partial charge in [0.2, 0.25) is 6.41 Å². The Morgan fingerprint density at radius 3 is 2.05 bits per heavy atom. The van der Waals surface area contributed by atoms with E-state index in [1.165, 1.54) is 0 Å². The molecule has 37 heavy (non-hydrogen) atoms. The highest BCUT2D eigenvalue weighted by Crippen LogP contribution is 2.20. The number of nitrogens with zero attached hydrogens (tertiary/aromatic N) is 1. The van der Waals surface area contributed by atoms with Crippen molar-refractivity contribution < 1.29 is 14.3 Å². The van der Waals surface area contributed by atoms with E-state index in [0.29, 0.717) is 22.7 Å². The number of nitrogens with one attached hydrogen (secondary N) is 2. The Kier molecular flexibility index (Phi) is 12.4. The van der Waals surface area contributed by atoms with Gasteiger partial charge < -0.3 is 15.4 Å². The molecule has 0 bridgehead atoms. The minimum absolute atomic E-state index is 0.0305. The zero-order valence-electron chi connectivity index (χ0n) is 21.6. The van der Waals surface area contributed by atoms with Gasteiger partial charge in [-0.3, -0.25) is 9.59 Å². The number of piperidine rings is 1. The number of carbonyl (C=O) groups excluding carboxylic acids is 2. The second-order valence-corrected chi connectivity index (χ2v) is 9.92. The van der Waals surface area contributed by atoms with Gasteiger partial charge in [0.05, 0.1) is 11.6 Å². The molecule has 3 aromatic rings. The molecule has 1 aliphatic rings. The van der Waals surface area contributed by atoms with Crippen LogP contribution in [0.2, 0.25) is 0 Å². The van der Waals surface area contributed by atoms with Gasteiger partial charge >= 0.3 is 0 Å². The number of benzene rings is 3. The quantitative estimate of drug-likeness (QED) is 0.239. The summed E-state index contributed by atoms with van der Waals surface area (Å²) >= 11 is 4.06. The van der Waals surface area contributed by atoms with Gasteiger partial charge in [-0.15, -0.1) is 12.6 Å². The van der Waals surface area contributed by atoms with E-state index in [1.807, 2.05) is 69.3 Å². The molecule has 1 amide bonds. The molecule has 0 aromatic heterocycles. The first kappa shape index (κ1) is 29.6. The van der Waals surface area contributed by atoms with Crippen molar-refractivity contribution in [2.45, 2.75) is 50.2 Å². The summed E-state index contributed by atoms with van der Waals surface area (Å²) in [6.07, 6.45) is 2.92. The molecule has 3 aromatic carbocycles. The zero-order chi connectivity index (χ0) is 27.1. The van der Waals surface area contributed by atoms with Crippen LogP contribution in [0.4, 0.5) is 0 Å². The molecule has 1 fully saturated rings. The summed E-state index contributed by atoms with van der Waals surface area (Å²) in [6.45, 7) is 8.05. The highest BCUT2D eigenvalue weighted by atomic mass is 32.1. The van der Waals surface area contributed by atoms with Crippen LogP contribution in [0.25, 0.3) is 0 Å². The van der Waals surface area contributed by atoms with Gasteiger partial charge in [0, 0.05) is 22.1 Å². The summed E-state index contributed by atoms with van der Waals surface area (Å²) in [5, 5.41) is 14.3. The molecule has 0 saturated carbocycles. The zero-order valence-corrected chi connectivity index (χ0v) is 22.5. The third kappa shape index (κ3) is 11.8. The van der Waals surface area contributed by atoms with Crippen molar-refractivity contribution in [1.29, 1.82) is 5.26 Å². The fraction of sp³-hybridized carbons (Fsp3) is 0.300. The lowest BCUT2D eigenvalue weighted by Gasteiger charge is -2.21. The number of hydrogen-bond acceptors (Lipinski definition) is 6. The molecule has 0 radical (unpaired) electrons. The maximum Gasteiger partial charge on any atom is 0.207 e. The van der Waals surface area contributed by atoms with E-state index in [-0.39, 0.29) is 11.4 Å².